The number of phenols is 1. The van der Waals surface area contributed by atoms with Gasteiger partial charge in [-0.2, -0.15) is 0 Å². The Morgan fingerprint density at radius 3 is 1.88 bits per heavy atom. The molecule has 0 unspecified atom stereocenters. The van der Waals surface area contributed by atoms with Gasteiger partial charge >= 0.3 is 0 Å². The molecule has 0 spiro atoms. The molecule has 16 heavy (non-hydrogen) atoms. The maximum atomic E-state index is 10.5. The van der Waals surface area contributed by atoms with E-state index in [1.807, 2.05) is 0 Å². The summed E-state index contributed by atoms with van der Waals surface area (Å²) in [5, 5.41) is 17.0. The third-order valence-corrected chi connectivity index (χ3v) is 1.64. The van der Waals surface area contributed by atoms with Crippen molar-refractivity contribution in [3.8, 4) is 17.2 Å². The number of rotatable bonds is 3. The van der Waals surface area contributed by atoms with E-state index in [1.54, 1.807) is 6.92 Å². The number of carbonyl (C=O) groups excluding carboxylic acids is 1. The zero-order chi connectivity index (χ0) is 12.6. The van der Waals surface area contributed by atoms with Crippen molar-refractivity contribution < 1.29 is 24.5 Å². The van der Waals surface area contributed by atoms with Gasteiger partial charge in [-0.1, -0.05) is 0 Å². The SMILES string of the molecule is CCO.COc1cc(C=O)cc(OC)c1O. The summed E-state index contributed by atoms with van der Waals surface area (Å²) in [7, 11) is 2.81. The van der Waals surface area contributed by atoms with E-state index >= 15 is 0 Å². The first-order valence-corrected chi connectivity index (χ1v) is 4.65. The van der Waals surface area contributed by atoms with Gasteiger partial charge in [0.2, 0.25) is 5.75 Å². The van der Waals surface area contributed by atoms with Crippen LogP contribution in [0.1, 0.15) is 17.3 Å². The molecule has 0 heterocycles. The van der Waals surface area contributed by atoms with E-state index in [4.69, 9.17) is 14.6 Å². The van der Waals surface area contributed by atoms with Gasteiger partial charge in [-0.3, -0.25) is 4.79 Å². The Labute approximate surface area is 94.2 Å². The molecule has 90 valence electrons. The van der Waals surface area contributed by atoms with Gasteiger partial charge in [0.1, 0.15) is 6.29 Å². The van der Waals surface area contributed by atoms with E-state index < -0.39 is 0 Å². The second-order valence-corrected chi connectivity index (χ2v) is 2.71. The first-order valence-electron chi connectivity index (χ1n) is 4.65. The molecule has 0 saturated carbocycles. The monoisotopic (exact) mass is 228 g/mol. The average Bonchev–Trinajstić information content (AvgIpc) is 2.30. The summed E-state index contributed by atoms with van der Waals surface area (Å²) in [6, 6.07) is 2.87. The van der Waals surface area contributed by atoms with E-state index in [9.17, 15) is 9.90 Å². The molecule has 0 amide bonds. The molecule has 5 heteroatoms. The first-order chi connectivity index (χ1) is 7.64. The minimum atomic E-state index is -0.101. The van der Waals surface area contributed by atoms with Crippen molar-refractivity contribution in [2.24, 2.45) is 0 Å². The van der Waals surface area contributed by atoms with Crippen molar-refractivity contribution >= 4 is 6.29 Å². The fourth-order valence-electron chi connectivity index (χ4n) is 0.982. The molecule has 1 aromatic rings. The second-order valence-electron chi connectivity index (χ2n) is 2.71. The Hall–Kier alpha value is -1.75. The van der Waals surface area contributed by atoms with Crippen LogP contribution in [0.25, 0.3) is 0 Å². The third kappa shape index (κ3) is 3.78. The molecule has 0 aliphatic heterocycles. The number of hydrogen-bond donors (Lipinski definition) is 2. The third-order valence-electron chi connectivity index (χ3n) is 1.64. The number of hydrogen-bond acceptors (Lipinski definition) is 5. The van der Waals surface area contributed by atoms with Crippen LogP contribution >= 0.6 is 0 Å². The van der Waals surface area contributed by atoms with E-state index in [2.05, 4.69) is 0 Å². The molecule has 0 aliphatic rings. The number of carbonyl (C=O) groups is 1. The van der Waals surface area contributed by atoms with Gasteiger partial charge in [0.15, 0.2) is 11.5 Å². The van der Waals surface area contributed by atoms with Gasteiger partial charge < -0.3 is 19.7 Å². The van der Waals surface area contributed by atoms with Gasteiger partial charge in [0.25, 0.3) is 0 Å². The van der Waals surface area contributed by atoms with Crippen LogP contribution in [0.5, 0.6) is 17.2 Å². The summed E-state index contributed by atoms with van der Waals surface area (Å²) in [6.45, 7) is 1.93. The highest BCUT2D eigenvalue weighted by atomic mass is 16.5. The molecule has 2 N–H and O–H groups in total. The highest BCUT2D eigenvalue weighted by molar-refractivity contribution is 5.78. The summed E-state index contributed by atoms with van der Waals surface area (Å²) in [4.78, 5) is 10.5. The molecule has 1 aromatic carbocycles. The topological polar surface area (TPSA) is 76.0 Å². The number of aromatic hydroxyl groups is 1. The van der Waals surface area contributed by atoms with Gasteiger partial charge in [-0.15, -0.1) is 0 Å². The van der Waals surface area contributed by atoms with Gasteiger partial charge in [0.05, 0.1) is 14.2 Å². The average molecular weight is 228 g/mol. The summed E-state index contributed by atoms with van der Waals surface area (Å²) in [6.07, 6.45) is 0.657. The van der Waals surface area contributed by atoms with Crippen LogP contribution in [0.2, 0.25) is 0 Å². The van der Waals surface area contributed by atoms with Gasteiger partial charge in [-0.25, -0.2) is 0 Å². The number of aliphatic hydroxyl groups is 1. The summed E-state index contributed by atoms with van der Waals surface area (Å²) < 4.78 is 9.68. The minimum absolute atomic E-state index is 0.101. The molecule has 0 fully saturated rings. The Morgan fingerprint density at radius 1 is 1.25 bits per heavy atom. The number of ether oxygens (including phenoxy) is 2. The van der Waals surface area contributed by atoms with E-state index in [-0.39, 0.29) is 23.9 Å². The fourth-order valence-corrected chi connectivity index (χ4v) is 0.982. The lowest BCUT2D eigenvalue weighted by Crippen LogP contribution is -1.91. The van der Waals surface area contributed by atoms with Crippen LogP contribution in [0, 0.1) is 0 Å². The largest absolute Gasteiger partial charge is 0.502 e. The zero-order valence-corrected chi connectivity index (χ0v) is 9.56. The molecular formula is C11H16O5. The van der Waals surface area contributed by atoms with Crippen molar-refractivity contribution in [3.05, 3.63) is 17.7 Å². The minimum Gasteiger partial charge on any atom is -0.502 e. The number of phenolic OH excluding ortho intramolecular Hbond substituents is 1. The maximum absolute atomic E-state index is 10.5. The number of aliphatic hydroxyl groups excluding tert-OH is 1. The van der Waals surface area contributed by atoms with E-state index in [0.717, 1.165) is 0 Å². The van der Waals surface area contributed by atoms with Gasteiger partial charge in [-0.05, 0) is 19.1 Å². The molecule has 0 saturated heterocycles. The first kappa shape index (κ1) is 14.2. The maximum Gasteiger partial charge on any atom is 0.200 e. The highest BCUT2D eigenvalue weighted by Crippen LogP contribution is 2.36. The van der Waals surface area contributed by atoms with Crippen molar-refractivity contribution in [3.63, 3.8) is 0 Å². The van der Waals surface area contributed by atoms with Crippen molar-refractivity contribution in [2.45, 2.75) is 6.92 Å². The van der Waals surface area contributed by atoms with Crippen LogP contribution < -0.4 is 9.47 Å². The van der Waals surface area contributed by atoms with Crippen molar-refractivity contribution in [2.75, 3.05) is 20.8 Å². The number of methoxy groups -OCH3 is 2. The molecule has 0 aromatic heterocycles. The van der Waals surface area contributed by atoms with Crippen LogP contribution in [0.4, 0.5) is 0 Å². The molecule has 0 aliphatic carbocycles. The molecule has 1 rings (SSSR count). The molecule has 0 atom stereocenters. The standard InChI is InChI=1S/C9H10O4.C2H6O/c1-12-7-3-6(5-10)4-8(13-2)9(7)11;1-2-3/h3-5,11H,1-2H3;3H,2H2,1H3. The lowest BCUT2D eigenvalue weighted by molar-refractivity contribution is 0.112. The Balaban J connectivity index is 0.000000673. The number of benzene rings is 1. The summed E-state index contributed by atoms with van der Waals surface area (Å²) in [5.41, 5.74) is 0.395. The van der Waals surface area contributed by atoms with Crippen LogP contribution in [-0.4, -0.2) is 37.3 Å². The summed E-state index contributed by atoms with van der Waals surface area (Å²) in [5.74, 6) is 0.346. The quantitative estimate of drug-likeness (QED) is 0.761. The van der Waals surface area contributed by atoms with Crippen LogP contribution in [0.15, 0.2) is 12.1 Å². The Morgan fingerprint density at radius 2 is 1.62 bits per heavy atom. The van der Waals surface area contributed by atoms with Crippen molar-refractivity contribution in [1.29, 1.82) is 0 Å². The van der Waals surface area contributed by atoms with Gasteiger partial charge in [0, 0.05) is 12.2 Å². The second kappa shape index (κ2) is 7.53. The van der Waals surface area contributed by atoms with E-state index in [0.29, 0.717) is 11.8 Å². The molecular weight excluding hydrogens is 212 g/mol. The fraction of sp³-hybridized carbons (Fsp3) is 0.364. The van der Waals surface area contributed by atoms with Crippen molar-refractivity contribution in [1.82, 2.24) is 0 Å². The normalized spacial score (nSPS) is 8.75. The predicted molar refractivity (Wildman–Crippen MR) is 59.4 cm³/mol. The molecule has 0 radical (unpaired) electrons. The van der Waals surface area contributed by atoms with Crippen LogP contribution in [0.3, 0.4) is 0 Å². The van der Waals surface area contributed by atoms with E-state index in [1.165, 1.54) is 26.4 Å². The predicted octanol–water partition coefficient (Wildman–Crippen LogP) is 1.22. The lowest BCUT2D eigenvalue weighted by Gasteiger charge is -2.08. The Bertz CT molecular complexity index is 310. The number of aldehydes is 1. The zero-order valence-electron chi connectivity index (χ0n) is 9.56. The van der Waals surface area contributed by atoms with Crippen LogP contribution in [-0.2, 0) is 0 Å². The Kier molecular flexibility index (Phi) is 6.71. The lowest BCUT2D eigenvalue weighted by atomic mass is 10.2. The highest BCUT2D eigenvalue weighted by Gasteiger charge is 2.10. The smallest absolute Gasteiger partial charge is 0.200 e. The molecule has 0 bridgehead atoms. The molecule has 5 nitrogen and oxygen atoms in total. The summed E-state index contributed by atoms with van der Waals surface area (Å²) >= 11 is 0.